The summed E-state index contributed by atoms with van der Waals surface area (Å²) in [4.78, 5) is 2.49. The largest absolute Gasteiger partial charge is 0.396 e. The van der Waals surface area contributed by atoms with E-state index in [-0.39, 0.29) is 12.1 Å². The second-order valence-electron chi connectivity index (χ2n) is 4.96. The fraction of sp³-hybridized carbons (Fsp3) is 1.00. The summed E-state index contributed by atoms with van der Waals surface area (Å²) >= 11 is 0. The third kappa shape index (κ3) is 2.92. The van der Waals surface area contributed by atoms with Gasteiger partial charge in [-0.05, 0) is 25.3 Å². The molecular weight excluding hydrogens is 188 g/mol. The van der Waals surface area contributed by atoms with Crippen LogP contribution in [-0.2, 0) is 0 Å². The normalized spacial score (nSPS) is 22.2. The van der Waals surface area contributed by atoms with Crippen LogP contribution < -0.4 is 5.73 Å². The lowest BCUT2D eigenvalue weighted by Crippen LogP contribution is -2.53. The van der Waals surface area contributed by atoms with Crippen molar-refractivity contribution in [1.82, 2.24) is 4.90 Å². The monoisotopic (exact) mass is 214 g/mol. The third-order valence-electron chi connectivity index (χ3n) is 3.81. The third-order valence-corrected chi connectivity index (χ3v) is 3.81. The quantitative estimate of drug-likeness (QED) is 0.698. The van der Waals surface area contributed by atoms with E-state index in [9.17, 15) is 0 Å². The Kier molecular flexibility index (Phi) is 5.03. The summed E-state index contributed by atoms with van der Waals surface area (Å²) in [5.41, 5.74) is 6.19. The van der Waals surface area contributed by atoms with Crippen LogP contribution in [0.2, 0.25) is 0 Å². The molecule has 1 rings (SSSR count). The van der Waals surface area contributed by atoms with Crippen LogP contribution in [0.1, 0.15) is 39.5 Å². The molecule has 1 fully saturated rings. The highest BCUT2D eigenvalue weighted by Crippen LogP contribution is 2.34. The molecule has 90 valence electrons. The summed E-state index contributed by atoms with van der Waals surface area (Å²) in [5, 5.41) is 9.12. The molecule has 0 aliphatic heterocycles. The first-order valence-electron chi connectivity index (χ1n) is 6.24. The molecule has 0 aromatic rings. The van der Waals surface area contributed by atoms with Gasteiger partial charge < -0.3 is 10.8 Å². The molecule has 0 radical (unpaired) electrons. The summed E-state index contributed by atoms with van der Waals surface area (Å²) in [7, 11) is 0. The number of hydrogen-bond donors (Lipinski definition) is 2. The number of aliphatic hydroxyl groups excluding tert-OH is 1. The summed E-state index contributed by atoms with van der Waals surface area (Å²) in [6.07, 6.45) is 5.08. The SMILES string of the molecule is CCN(CC(C)CO)C1(CN)CCCC1. The second kappa shape index (κ2) is 5.83. The van der Waals surface area contributed by atoms with Gasteiger partial charge in [0.15, 0.2) is 0 Å². The van der Waals surface area contributed by atoms with Crippen molar-refractivity contribution in [2.24, 2.45) is 11.7 Å². The summed E-state index contributed by atoms with van der Waals surface area (Å²) < 4.78 is 0. The van der Waals surface area contributed by atoms with Crippen LogP contribution in [0.25, 0.3) is 0 Å². The molecule has 3 N–H and O–H groups in total. The van der Waals surface area contributed by atoms with Crippen molar-refractivity contribution in [3.05, 3.63) is 0 Å². The van der Waals surface area contributed by atoms with E-state index < -0.39 is 0 Å². The zero-order valence-corrected chi connectivity index (χ0v) is 10.2. The van der Waals surface area contributed by atoms with Crippen molar-refractivity contribution in [2.45, 2.75) is 45.1 Å². The summed E-state index contributed by atoms with van der Waals surface area (Å²) in [5.74, 6) is 0.356. The average molecular weight is 214 g/mol. The van der Waals surface area contributed by atoms with Gasteiger partial charge in [0, 0.05) is 25.2 Å². The lowest BCUT2D eigenvalue weighted by Gasteiger charge is -2.41. The molecule has 0 aromatic heterocycles. The highest BCUT2D eigenvalue weighted by molar-refractivity contribution is 4.95. The van der Waals surface area contributed by atoms with Gasteiger partial charge in [-0.1, -0.05) is 26.7 Å². The minimum Gasteiger partial charge on any atom is -0.396 e. The second-order valence-corrected chi connectivity index (χ2v) is 4.96. The topological polar surface area (TPSA) is 49.5 Å². The Balaban J connectivity index is 2.62. The van der Waals surface area contributed by atoms with Gasteiger partial charge in [0.05, 0.1) is 0 Å². The van der Waals surface area contributed by atoms with E-state index >= 15 is 0 Å². The minimum atomic E-state index is 0.234. The first-order valence-corrected chi connectivity index (χ1v) is 6.24. The molecule has 1 aliphatic carbocycles. The van der Waals surface area contributed by atoms with Crippen molar-refractivity contribution in [1.29, 1.82) is 0 Å². The Labute approximate surface area is 93.6 Å². The predicted molar refractivity (Wildman–Crippen MR) is 63.8 cm³/mol. The molecule has 1 unspecified atom stereocenters. The minimum absolute atomic E-state index is 0.234. The number of nitrogens with two attached hydrogens (primary N) is 1. The molecule has 0 bridgehead atoms. The summed E-state index contributed by atoms with van der Waals surface area (Å²) in [6, 6.07) is 0. The average Bonchev–Trinajstić information content (AvgIpc) is 2.75. The van der Waals surface area contributed by atoms with E-state index in [1.54, 1.807) is 0 Å². The molecular formula is C12H26N2O. The summed E-state index contributed by atoms with van der Waals surface area (Å²) in [6.45, 7) is 7.35. The first-order chi connectivity index (χ1) is 7.18. The number of likely N-dealkylation sites (N-methyl/N-ethyl adjacent to an activating group) is 1. The first kappa shape index (κ1) is 12.9. The van der Waals surface area contributed by atoms with Crippen LogP contribution in [0.15, 0.2) is 0 Å². The lowest BCUT2D eigenvalue weighted by molar-refractivity contribution is 0.0741. The fourth-order valence-corrected chi connectivity index (χ4v) is 2.77. The van der Waals surface area contributed by atoms with Crippen molar-refractivity contribution < 1.29 is 5.11 Å². The zero-order valence-electron chi connectivity index (χ0n) is 10.2. The molecule has 1 aliphatic rings. The van der Waals surface area contributed by atoms with E-state index in [2.05, 4.69) is 18.7 Å². The molecule has 0 amide bonds. The maximum Gasteiger partial charge on any atom is 0.0468 e. The van der Waals surface area contributed by atoms with Gasteiger partial charge >= 0.3 is 0 Å². The standard InChI is InChI=1S/C12H26N2O/c1-3-14(8-11(2)9-15)12(10-13)6-4-5-7-12/h11,15H,3-10,13H2,1-2H3. The molecule has 0 aromatic carbocycles. The lowest BCUT2D eigenvalue weighted by atomic mass is 9.94. The van der Waals surface area contributed by atoms with Gasteiger partial charge in [-0.15, -0.1) is 0 Å². The van der Waals surface area contributed by atoms with Crippen molar-refractivity contribution in [2.75, 3.05) is 26.2 Å². The van der Waals surface area contributed by atoms with Gasteiger partial charge in [-0.3, -0.25) is 4.90 Å². The van der Waals surface area contributed by atoms with E-state index in [1.165, 1.54) is 25.7 Å². The van der Waals surface area contributed by atoms with Gasteiger partial charge in [0.2, 0.25) is 0 Å². The van der Waals surface area contributed by atoms with Crippen molar-refractivity contribution in [3.8, 4) is 0 Å². The van der Waals surface area contributed by atoms with Crippen LogP contribution in [0.4, 0.5) is 0 Å². The molecule has 1 atom stereocenters. The number of nitrogens with zero attached hydrogens (tertiary/aromatic N) is 1. The molecule has 3 nitrogen and oxygen atoms in total. The van der Waals surface area contributed by atoms with E-state index in [4.69, 9.17) is 10.8 Å². The fourth-order valence-electron chi connectivity index (χ4n) is 2.77. The Bertz CT molecular complexity index is 178. The van der Waals surface area contributed by atoms with Crippen LogP contribution in [-0.4, -0.2) is 41.8 Å². The maximum absolute atomic E-state index is 9.12. The highest BCUT2D eigenvalue weighted by atomic mass is 16.3. The Morgan fingerprint density at radius 3 is 2.40 bits per heavy atom. The smallest absolute Gasteiger partial charge is 0.0468 e. The molecule has 0 spiro atoms. The zero-order chi connectivity index (χ0) is 11.3. The van der Waals surface area contributed by atoms with Crippen LogP contribution in [0.5, 0.6) is 0 Å². The van der Waals surface area contributed by atoms with E-state index in [0.29, 0.717) is 5.92 Å². The predicted octanol–water partition coefficient (Wildman–Crippen LogP) is 1.21. The Hall–Kier alpha value is -0.120. The van der Waals surface area contributed by atoms with Crippen LogP contribution in [0.3, 0.4) is 0 Å². The molecule has 3 heteroatoms. The van der Waals surface area contributed by atoms with Gasteiger partial charge in [0.25, 0.3) is 0 Å². The van der Waals surface area contributed by atoms with E-state index in [1.807, 2.05) is 0 Å². The molecule has 0 heterocycles. The van der Waals surface area contributed by atoms with Crippen LogP contribution in [0, 0.1) is 5.92 Å². The molecule has 1 saturated carbocycles. The Morgan fingerprint density at radius 2 is 2.00 bits per heavy atom. The molecule has 15 heavy (non-hydrogen) atoms. The van der Waals surface area contributed by atoms with Crippen molar-refractivity contribution in [3.63, 3.8) is 0 Å². The van der Waals surface area contributed by atoms with Gasteiger partial charge in [0.1, 0.15) is 0 Å². The maximum atomic E-state index is 9.12. The highest BCUT2D eigenvalue weighted by Gasteiger charge is 2.37. The van der Waals surface area contributed by atoms with Crippen molar-refractivity contribution >= 4 is 0 Å². The number of rotatable bonds is 6. The number of aliphatic hydroxyl groups is 1. The number of hydrogen-bond acceptors (Lipinski definition) is 3. The van der Waals surface area contributed by atoms with Gasteiger partial charge in [-0.25, -0.2) is 0 Å². The van der Waals surface area contributed by atoms with Gasteiger partial charge in [-0.2, -0.15) is 0 Å². The Morgan fingerprint density at radius 1 is 1.40 bits per heavy atom. The van der Waals surface area contributed by atoms with Crippen LogP contribution >= 0.6 is 0 Å². The molecule has 0 saturated heterocycles. The van der Waals surface area contributed by atoms with E-state index in [0.717, 1.165) is 19.6 Å².